The Bertz CT molecular complexity index is 767. The van der Waals surface area contributed by atoms with E-state index in [-0.39, 0.29) is 10.5 Å². The molecule has 23 heavy (non-hydrogen) atoms. The van der Waals surface area contributed by atoms with Gasteiger partial charge in [0.2, 0.25) is 0 Å². The fourth-order valence-corrected chi connectivity index (χ4v) is 2.89. The molecule has 0 unspecified atom stereocenters. The van der Waals surface area contributed by atoms with Crippen LogP contribution in [-0.4, -0.2) is 28.5 Å². The summed E-state index contributed by atoms with van der Waals surface area (Å²) in [5.74, 6) is -0.159. The summed E-state index contributed by atoms with van der Waals surface area (Å²) in [6, 6.07) is 12.3. The van der Waals surface area contributed by atoms with Gasteiger partial charge in [-0.25, -0.2) is 13.1 Å². The van der Waals surface area contributed by atoms with E-state index in [2.05, 4.69) is 0 Å². The minimum absolute atomic E-state index is 0.0114. The predicted molar refractivity (Wildman–Crippen MR) is 84.8 cm³/mol. The molecule has 0 saturated heterocycles. The zero-order valence-electron chi connectivity index (χ0n) is 12.8. The van der Waals surface area contributed by atoms with Crippen LogP contribution in [0.1, 0.15) is 15.9 Å². The van der Waals surface area contributed by atoms with Crippen molar-refractivity contribution >= 4 is 15.9 Å². The monoisotopic (exact) mass is 335 g/mol. The van der Waals surface area contributed by atoms with E-state index in [4.69, 9.17) is 9.47 Å². The number of nitrogens with one attached hydrogen (secondary N) is 1. The number of sulfonamides is 1. The molecule has 0 aromatic heterocycles. The van der Waals surface area contributed by atoms with Crippen molar-refractivity contribution in [3.05, 3.63) is 59.7 Å². The predicted octanol–water partition coefficient (Wildman–Crippen LogP) is 1.96. The number of hydrogen-bond acceptors (Lipinski definition) is 5. The SMILES string of the molecule is COCc1ccc(C(=O)NS(=O)(=O)c2ccc(OC)cc2)cc1. The van der Waals surface area contributed by atoms with E-state index in [0.717, 1.165) is 5.56 Å². The molecule has 0 aliphatic heterocycles. The molecule has 2 aromatic rings. The summed E-state index contributed by atoms with van der Waals surface area (Å²) < 4.78 is 36.4. The molecular formula is C16H17NO5S. The minimum Gasteiger partial charge on any atom is -0.497 e. The lowest BCUT2D eigenvalue weighted by molar-refractivity contribution is 0.0981. The summed E-state index contributed by atoms with van der Waals surface area (Å²) in [7, 11) is -0.877. The van der Waals surface area contributed by atoms with Gasteiger partial charge in [-0.3, -0.25) is 4.79 Å². The Balaban J connectivity index is 2.13. The first-order valence-electron chi connectivity index (χ1n) is 6.75. The number of hydrogen-bond donors (Lipinski definition) is 1. The second kappa shape index (κ2) is 7.26. The van der Waals surface area contributed by atoms with Crippen molar-refractivity contribution in [1.29, 1.82) is 0 Å². The molecule has 0 atom stereocenters. The van der Waals surface area contributed by atoms with Crippen molar-refractivity contribution in [3.63, 3.8) is 0 Å². The molecule has 0 aliphatic rings. The van der Waals surface area contributed by atoms with Crippen LogP contribution in [0.15, 0.2) is 53.4 Å². The van der Waals surface area contributed by atoms with E-state index in [0.29, 0.717) is 12.4 Å². The fourth-order valence-electron chi connectivity index (χ4n) is 1.91. The van der Waals surface area contributed by atoms with Gasteiger partial charge in [-0.05, 0) is 42.0 Å². The van der Waals surface area contributed by atoms with Gasteiger partial charge in [0.15, 0.2) is 0 Å². The molecule has 0 aliphatic carbocycles. The smallest absolute Gasteiger partial charge is 0.264 e. The van der Waals surface area contributed by atoms with Crippen LogP contribution in [0.25, 0.3) is 0 Å². The zero-order valence-corrected chi connectivity index (χ0v) is 13.6. The lowest BCUT2D eigenvalue weighted by Crippen LogP contribution is -2.30. The summed E-state index contributed by atoms with van der Waals surface area (Å²) >= 11 is 0. The van der Waals surface area contributed by atoms with Crippen LogP contribution in [-0.2, 0) is 21.4 Å². The number of methoxy groups -OCH3 is 2. The number of benzene rings is 2. The first-order chi connectivity index (χ1) is 11.0. The maximum atomic E-state index is 12.2. The highest BCUT2D eigenvalue weighted by Gasteiger charge is 2.18. The lowest BCUT2D eigenvalue weighted by atomic mass is 10.1. The highest BCUT2D eigenvalue weighted by atomic mass is 32.2. The normalized spacial score (nSPS) is 11.0. The van der Waals surface area contributed by atoms with Crippen molar-refractivity contribution in [2.75, 3.05) is 14.2 Å². The van der Waals surface area contributed by atoms with Crippen LogP contribution >= 0.6 is 0 Å². The van der Waals surface area contributed by atoms with Crippen molar-refractivity contribution < 1.29 is 22.7 Å². The van der Waals surface area contributed by atoms with Gasteiger partial charge >= 0.3 is 0 Å². The Kier molecular flexibility index (Phi) is 5.36. The largest absolute Gasteiger partial charge is 0.497 e. The molecule has 6 nitrogen and oxygen atoms in total. The van der Waals surface area contributed by atoms with Crippen LogP contribution < -0.4 is 9.46 Å². The van der Waals surface area contributed by atoms with E-state index in [9.17, 15) is 13.2 Å². The molecule has 0 bridgehead atoms. The van der Waals surface area contributed by atoms with E-state index in [1.165, 1.54) is 31.4 Å². The zero-order chi connectivity index (χ0) is 16.9. The summed E-state index contributed by atoms with van der Waals surface area (Å²) in [6.45, 7) is 0.423. The number of carbonyl (C=O) groups excluding carboxylic acids is 1. The molecule has 0 fully saturated rings. The van der Waals surface area contributed by atoms with Crippen molar-refractivity contribution in [1.82, 2.24) is 4.72 Å². The second-order valence-corrected chi connectivity index (χ2v) is 6.42. The molecule has 2 aromatic carbocycles. The van der Waals surface area contributed by atoms with Gasteiger partial charge < -0.3 is 9.47 Å². The third kappa shape index (κ3) is 4.30. The van der Waals surface area contributed by atoms with Crippen molar-refractivity contribution in [3.8, 4) is 5.75 Å². The van der Waals surface area contributed by atoms with E-state index in [1.807, 2.05) is 4.72 Å². The molecule has 1 amide bonds. The summed E-state index contributed by atoms with van der Waals surface area (Å²) in [4.78, 5) is 12.1. The first-order valence-corrected chi connectivity index (χ1v) is 8.23. The third-order valence-corrected chi connectivity index (χ3v) is 4.47. The standard InChI is InChI=1S/C16H17NO5S/c1-21-11-12-3-5-13(6-4-12)16(18)17-23(19,20)15-9-7-14(22-2)8-10-15/h3-10H,11H2,1-2H3,(H,17,18). The lowest BCUT2D eigenvalue weighted by Gasteiger charge is -2.08. The van der Waals surface area contributed by atoms with Gasteiger partial charge in [0.1, 0.15) is 5.75 Å². The highest BCUT2D eigenvalue weighted by Crippen LogP contribution is 2.16. The summed E-state index contributed by atoms with van der Waals surface area (Å²) in [5, 5.41) is 0. The molecule has 0 radical (unpaired) electrons. The van der Waals surface area contributed by atoms with Crippen LogP contribution in [0, 0.1) is 0 Å². The Hall–Kier alpha value is -2.38. The molecule has 0 spiro atoms. The van der Waals surface area contributed by atoms with Gasteiger partial charge in [0.05, 0.1) is 18.6 Å². The van der Waals surface area contributed by atoms with E-state index < -0.39 is 15.9 Å². The van der Waals surface area contributed by atoms with E-state index in [1.54, 1.807) is 31.4 Å². The minimum atomic E-state index is -3.93. The fraction of sp³-hybridized carbons (Fsp3) is 0.188. The van der Waals surface area contributed by atoms with Crippen molar-refractivity contribution in [2.24, 2.45) is 0 Å². The van der Waals surface area contributed by atoms with Crippen LogP contribution in [0.4, 0.5) is 0 Å². The molecule has 0 heterocycles. The average molecular weight is 335 g/mol. The topological polar surface area (TPSA) is 81.7 Å². The van der Waals surface area contributed by atoms with Crippen LogP contribution in [0.5, 0.6) is 5.75 Å². The molecule has 7 heteroatoms. The van der Waals surface area contributed by atoms with Crippen LogP contribution in [0.3, 0.4) is 0 Å². The highest BCUT2D eigenvalue weighted by molar-refractivity contribution is 7.90. The average Bonchev–Trinajstić information content (AvgIpc) is 2.55. The number of amides is 1. The Morgan fingerprint density at radius 1 is 1.00 bits per heavy atom. The van der Waals surface area contributed by atoms with E-state index >= 15 is 0 Å². The second-order valence-electron chi connectivity index (χ2n) is 4.74. The maximum absolute atomic E-state index is 12.2. The van der Waals surface area contributed by atoms with Crippen LogP contribution in [0.2, 0.25) is 0 Å². The van der Waals surface area contributed by atoms with Gasteiger partial charge in [-0.1, -0.05) is 12.1 Å². The first kappa shape index (κ1) is 17.0. The summed E-state index contributed by atoms with van der Waals surface area (Å²) in [5.41, 5.74) is 1.14. The number of rotatable bonds is 6. The summed E-state index contributed by atoms with van der Waals surface area (Å²) in [6.07, 6.45) is 0. The third-order valence-electron chi connectivity index (χ3n) is 3.12. The number of carbonyl (C=O) groups is 1. The Labute approximate surface area is 135 Å². The Morgan fingerprint density at radius 2 is 1.61 bits per heavy atom. The van der Waals surface area contributed by atoms with Gasteiger partial charge in [0.25, 0.3) is 15.9 Å². The van der Waals surface area contributed by atoms with Gasteiger partial charge in [0, 0.05) is 12.7 Å². The van der Waals surface area contributed by atoms with Gasteiger partial charge in [-0.2, -0.15) is 0 Å². The molecule has 2 rings (SSSR count). The molecule has 1 N–H and O–H groups in total. The quantitative estimate of drug-likeness (QED) is 0.873. The molecule has 0 saturated carbocycles. The molecular weight excluding hydrogens is 318 g/mol. The number of ether oxygens (including phenoxy) is 2. The van der Waals surface area contributed by atoms with Crippen molar-refractivity contribution in [2.45, 2.75) is 11.5 Å². The Morgan fingerprint density at radius 3 is 2.13 bits per heavy atom. The maximum Gasteiger partial charge on any atom is 0.264 e. The van der Waals surface area contributed by atoms with Gasteiger partial charge in [-0.15, -0.1) is 0 Å². The molecule has 122 valence electrons.